The highest BCUT2D eigenvalue weighted by atomic mass is 16.1. The van der Waals surface area contributed by atoms with Crippen LogP contribution >= 0.6 is 0 Å². The first-order valence-electron chi connectivity index (χ1n) is 9.56. The van der Waals surface area contributed by atoms with E-state index < -0.39 is 0 Å². The SMILES string of the molecule is Cc1cccc(NC(=O)CCN=C(Nc2ccccc2)N2CCCCC2)n1. The largest absolute Gasteiger partial charge is 0.343 e. The predicted octanol–water partition coefficient (Wildman–Crippen LogP) is 3.67. The first-order chi connectivity index (χ1) is 13.2. The highest BCUT2D eigenvalue weighted by Gasteiger charge is 2.15. The van der Waals surface area contributed by atoms with E-state index in [9.17, 15) is 4.79 Å². The number of aryl methyl sites for hydroxylation is 1. The zero-order valence-electron chi connectivity index (χ0n) is 15.8. The van der Waals surface area contributed by atoms with Gasteiger partial charge in [0, 0.05) is 30.9 Å². The van der Waals surface area contributed by atoms with Crippen LogP contribution in [0.3, 0.4) is 0 Å². The molecule has 3 rings (SSSR count). The lowest BCUT2D eigenvalue weighted by Gasteiger charge is -2.30. The van der Waals surface area contributed by atoms with Crippen molar-refractivity contribution in [3.8, 4) is 0 Å². The van der Waals surface area contributed by atoms with E-state index in [4.69, 9.17) is 4.99 Å². The van der Waals surface area contributed by atoms with Crippen molar-refractivity contribution in [3.63, 3.8) is 0 Å². The van der Waals surface area contributed by atoms with Crippen LogP contribution in [0, 0.1) is 6.92 Å². The number of hydrogen-bond donors (Lipinski definition) is 2. The van der Waals surface area contributed by atoms with Gasteiger partial charge in [0.25, 0.3) is 0 Å². The first kappa shape index (κ1) is 18.9. The number of amides is 1. The Hall–Kier alpha value is -2.89. The third kappa shape index (κ3) is 6.09. The Morgan fingerprint density at radius 1 is 1.04 bits per heavy atom. The fourth-order valence-electron chi connectivity index (χ4n) is 3.06. The van der Waals surface area contributed by atoms with Crippen LogP contribution in [-0.4, -0.2) is 41.4 Å². The van der Waals surface area contributed by atoms with Crippen molar-refractivity contribution in [2.24, 2.45) is 4.99 Å². The predicted molar refractivity (Wildman–Crippen MR) is 110 cm³/mol. The number of aliphatic imine (C=N–C) groups is 1. The quantitative estimate of drug-likeness (QED) is 0.626. The number of carbonyl (C=O) groups excluding carboxylic acids is 1. The number of rotatable bonds is 5. The van der Waals surface area contributed by atoms with Gasteiger partial charge >= 0.3 is 0 Å². The molecule has 1 aliphatic rings. The average Bonchev–Trinajstić information content (AvgIpc) is 2.69. The van der Waals surface area contributed by atoms with Gasteiger partial charge in [-0.25, -0.2) is 4.98 Å². The average molecular weight is 365 g/mol. The maximum atomic E-state index is 12.2. The van der Waals surface area contributed by atoms with Gasteiger partial charge in [0.1, 0.15) is 5.82 Å². The third-order valence-corrected chi connectivity index (χ3v) is 4.44. The molecule has 1 aromatic carbocycles. The molecular formula is C21H27N5O. The van der Waals surface area contributed by atoms with Crippen LogP contribution in [0.5, 0.6) is 0 Å². The molecule has 142 valence electrons. The van der Waals surface area contributed by atoms with Crippen molar-refractivity contribution < 1.29 is 4.79 Å². The lowest BCUT2D eigenvalue weighted by Crippen LogP contribution is -2.40. The van der Waals surface area contributed by atoms with Crippen molar-refractivity contribution in [3.05, 3.63) is 54.2 Å². The molecule has 0 spiro atoms. The summed E-state index contributed by atoms with van der Waals surface area (Å²) in [6.45, 7) is 4.33. The fourth-order valence-corrected chi connectivity index (χ4v) is 3.06. The van der Waals surface area contributed by atoms with Crippen LogP contribution in [0.2, 0.25) is 0 Å². The number of aromatic nitrogens is 1. The fraction of sp³-hybridized carbons (Fsp3) is 0.381. The second kappa shape index (κ2) is 9.71. The number of pyridine rings is 1. The molecule has 27 heavy (non-hydrogen) atoms. The van der Waals surface area contributed by atoms with Crippen LogP contribution in [0.1, 0.15) is 31.4 Å². The summed E-state index contributed by atoms with van der Waals surface area (Å²) >= 11 is 0. The van der Waals surface area contributed by atoms with Gasteiger partial charge in [-0.1, -0.05) is 24.3 Å². The Bertz CT molecular complexity index is 769. The van der Waals surface area contributed by atoms with E-state index >= 15 is 0 Å². The molecule has 0 bridgehead atoms. The molecule has 6 nitrogen and oxygen atoms in total. The zero-order chi connectivity index (χ0) is 18.9. The van der Waals surface area contributed by atoms with Crippen LogP contribution in [-0.2, 0) is 4.79 Å². The topological polar surface area (TPSA) is 69.6 Å². The number of benzene rings is 1. The molecule has 1 saturated heterocycles. The molecule has 0 atom stereocenters. The van der Waals surface area contributed by atoms with E-state index in [1.165, 1.54) is 19.3 Å². The standard InChI is InChI=1S/C21H27N5O/c1-17-9-8-12-19(23-17)25-20(27)13-14-22-21(26-15-6-3-7-16-26)24-18-10-4-2-5-11-18/h2,4-5,8-12H,3,6-7,13-16H2,1H3,(H,22,24)(H,23,25,27). The monoisotopic (exact) mass is 365 g/mol. The van der Waals surface area contributed by atoms with Crippen LogP contribution in [0.4, 0.5) is 11.5 Å². The molecule has 2 aromatic rings. The number of piperidine rings is 1. The number of nitrogens with zero attached hydrogens (tertiary/aromatic N) is 3. The van der Waals surface area contributed by atoms with Gasteiger partial charge in [-0.2, -0.15) is 0 Å². The summed E-state index contributed by atoms with van der Waals surface area (Å²) in [6.07, 6.45) is 3.94. The van der Waals surface area contributed by atoms with Crippen LogP contribution < -0.4 is 10.6 Å². The van der Waals surface area contributed by atoms with Gasteiger partial charge in [0.2, 0.25) is 5.91 Å². The van der Waals surface area contributed by atoms with Gasteiger partial charge in [-0.3, -0.25) is 9.79 Å². The van der Waals surface area contributed by atoms with Crippen LogP contribution in [0.25, 0.3) is 0 Å². The second-order valence-corrected chi connectivity index (χ2v) is 6.71. The Morgan fingerprint density at radius 3 is 2.56 bits per heavy atom. The van der Waals surface area contributed by atoms with Gasteiger partial charge < -0.3 is 15.5 Å². The van der Waals surface area contributed by atoms with Crippen molar-refractivity contribution >= 4 is 23.4 Å². The van der Waals surface area contributed by atoms with Crippen molar-refractivity contribution in [2.45, 2.75) is 32.6 Å². The van der Waals surface area contributed by atoms with Crippen molar-refractivity contribution in [2.75, 3.05) is 30.3 Å². The number of anilines is 2. The minimum absolute atomic E-state index is 0.0745. The Labute approximate surface area is 160 Å². The molecule has 1 amide bonds. The number of nitrogens with one attached hydrogen (secondary N) is 2. The molecule has 1 aliphatic heterocycles. The molecule has 0 radical (unpaired) electrons. The minimum atomic E-state index is -0.0745. The highest BCUT2D eigenvalue weighted by molar-refractivity contribution is 5.94. The third-order valence-electron chi connectivity index (χ3n) is 4.44. The molecule has 0 aliphatic carbocycles. The highest BCUT2D eigenvalue weighted by Crippen LogP contribution is 2.13. The summed E-state index contributed by atoms with van der Waals surface area (Å²) in [5, 5.41) is 6.24. The second-order valence-electron chi connectivity index (χ2n) is 6.71. The number of guanidine groups is 1. The summed E-state index contributed by atoms with van der Waals surface area (Å²) < 4.78 is 0. The van der Waals surface area contributed by atoms with E-state index in [2.05, 4.69) is 20.5 Å². The summed E-state index contributed by atoms with van der Waals surface area (Å²) in [7, 11) is 0. The molecule has 0 unspecified atom stereocenters. The molecule has 0 saturated carbocycles. The van der Waals surface area contributed by atoms with Crippen LogP contribution in [0.15, 0.2) is 53.5 Å². The summed E-state index contributed by atoms with van der Waals surface area (Å²) in [4.78, 5) is 23.4. The Balaban J connectivity index is 1.59. The first-order valence-corrected chi connectivity index (χ1v) is 9.56. The normalized spacial score (nSPS) is 14.7. The Kier molecular flexibility index (Phi) is 6.79. The van der Waals surface area contributed by atoms with Gasteiger partial charge in [-0.15, -0.1) is 0 Å². The molecule has 6 heteroatoms. The summed E-state index contributed by atoms with van der Waals surface area (Å²) in [5.41, 5.74) is 1.89. The molecule has 1 fully saturated rings. The van der Waals surface area contributed by atoms with E-state index in [1.807, 2.05) is 49.4 Å². The molecular weight excluding hydrogens is 338 g/mol. The van der Waals surface area contributed by atoms with Gasteiger partial charge in [0.05, 0.1) is 6.54 Å². The summed E-state index contributed by atoms with van der Waals surface area (Å²) in [5.74, 6) is 1.36. The Morgan fingerprint density at radius 2 is 1.81 bits per heavy atom. The van der Waals surface area contributed by atoms with E-state index in [0.29, 0.717) is 18.8 Å². The number of carbonyl (C=O) groups is 1. The van der Waals surface area contributed by atoms with E-state index in [-0.39, 0.29) is 5.91 Å². The number of para-hydroxylation sites is 1. The van der Waals surface area contributed by atoms with Crippen molar-refractivity contribution in [1.29, 1.82) is 0 Å². The number of likely N-dealkylation sites (tertiary alicyclic amines) is 1. The zero-order valence-corrected chi connectivity index (χ0v) is 15.8. The maximum absolute atomic E-state index is 12.2. The van der Waals surface area contributed by atoms with Gasteiger partial charge in [0.15, 0.2) is 5.96 Å². The minimum Gasteiger partial charge on any atom is -0.343 e. The lowest BCUT2D eigenvalue weighted by molar-refractivity contribution is -0.116. The number of hydrogen-bond acceptors (Lipinski definition) is 3. The molecule has 2 N–H and O–H groups in total. The smallest absolute Gasteiger partial charge is 0.227 e. The van der Waals surface area contributed by atoms with Crippen molar-refractivity contribution in [1.82, 2.24) is 9.88 Å². The summed E-state index contributed by atoms with van der Waals surface area (Å²) in [6, 6.07) is 15.6. The maximum Gasteiger partial charge on any atom is 0.227 e. The van der Waals surface area contributed by atoms with Gasteiger partial charge in [-0.05, 0) is 50.5 Å². The molecule has 1 aromatic heterocycles. The van der Waals surface area contributed by atoms with E-state index in [0.717, 1.165) is 30.4 Å². The lowest BCUT2D eigenvalue weighted by atomic mass is 10.1. The van der Waals surface area contributed by atoms with E-state index in [1.54, 1.807) is 6.07 Å². The molecule has 2 heterocycles.